The molecule has 1 aromatic carbocycles. The minimum atomic E-state index is 0.226. The van der Waals surface area contributed by atoms with Crippen molar-refractivity contribution in [2.75, 3.05) is 14.1 Å². The highest BCUT2D eigenvalue weighted by Crippen LogP contribution is 2.32. The summed E-state index contributed by atoms with van der Waals surface area (Å²) in [7, 11) is 4.15. The smallest absolute Gasteiger partial charge is 0.223 e. The number of amides is 1. The van der Waals surface area contributed by atoms with Gasteiger partial charge in [0.2, 0.25) is 5.91 Å². The number of carbonyl (C=O) groups excluding carboxylic acids is 1. The molecule has 1 fully saturated rings. The Hall–Kier alpha value is -1.35. The van der Waals surface area contributed by atoms with Gasteiger partial charge in [-0.25, -0.2) is 0 Å². The first-order valence-corrected chi connectivity index (χ1v) is 9.59. The molecule has 1 N–H and O–H groups in total. The van der Waals surface area contributed by atoms with Gasteiger partial charge in [0.15, 0.2) is 0 Å². The summed E-state index contributed by atoms with van der Waals surface area (Å²) in [4.78, 5) is 14.7. The lowest BCUT2D eigenvalue weighted by Gasteiger charge is -2.27. The van der Waals surface area contributed by atoms with E-state index in [1.54, 1.807) is 0 Å². The quantitative estimate of drug-likeness (QED) is 0.768. The van der Waals surface area contributed by atoms with E-state index >= 15 is 0 Å². The Morgan fingerprint density at radius 1 is 1.12 bits per heavy atom. The fourth-order valence-corrected chi connectivity index (χ4v) is 3.76. The maximum absolute atomic E-state index is 12.5. The van der Waals surface area contributed by atoms with Gasteiger partial charge < -0.3 is 10.2 Å². The van der Waals surface area contributed by atoms with Crippen LogP contribution in [0.5, 0.6) is 0 Å². The third kappa shape index (κ3) is 5.94. The molecule has 1 aliphatic carbocycles. The predicted octanol–water partition coefficient (Wildman–Crippen LogP) is 4.36. The van der Waals surface area contributed by atoms with Crippen molar-refractivity contribution >= 4 is 5.91 Å². The molecule has 1 aromatic rings. The number of unbranched alkanes of at least 4 members (excludes halogenated alkanes) is 1. The second-order valence-corrected chi connectivity index (χ2v) is 7.58. The number of nitrogens with zero attached hydrogens (tertiary/aromatic N) is 1. The molecule has 0 bridgehead atoms. The van der Waals surface area contributed by atoms with Crippen molar-refractivity contribution in [1.29, 1.82) is 0 Å². The monoisotopic (exact) mass is 330 g/mol. The van der Waals surface area contributed by atoms with Crippen LogP contribution in [0, 0.1) is 11.8 Å². The summed E-state index contributed by atoms with van der Waals surface area (Å²) in [6.45, 7) is 3.82. The summed E-state index contributed by atoms with van der Waals surface area (Å²) in [5.41, 5.74) is 2.53. The maximum atomic E-state index is 12.5. The Bertz CT molecular complexity index is 504. The van der Waals surface area contributed by atoms with Gasteiger partial charge in [0.25, 0.3) is 0 Å². The van der Waals surface area contributed by atoms with Gasteiger partial charge in [-0.05, 0) is 56.8 Å². The normalized spacial score (nSPS) is 21.0. The van der Waals surface area contributed by atoms with E-state index in [-0.39, 0.29) is 11.8 Å². The summed E-state index contributed by atoms with van der Waals surface area (Å²) in [5, 5.41) is 3.18. The first-order valence-electron chi connectivity index (χ1n) is 9.59. The van der Waals surface area contributed by atoms with Crippen LogP contribution in [0.2, 0.25) is 0 Å². The van der Waals surface area contributed by atoms with Gasteiger partial charge in [-0.15, -0.1) is 0 Å². The number of rotatable bonds is 8. The van der Waals surface area contributed by atoms with E-state index in [0.29, 0.717) is 6.54 Å². The van der Waals surface area contributed by atoms with E-state index in [4.69, 9.17) is 0 Å². The topological polar surface area (TPSA) is 32.3 Å². The largest absolute Gasteiger partial charge is 0.352 e. The van der Waals surface area contributed by atoms with Crippen molar-refractivity contribution in [3.63, 3.8) is 0 Å². The lowest BCUT2D eigenvalue weighted by atomic mass is 9.79. The number of hydrogen-bond acceptors (Lipinski definition) is 2. The van der Waals surface area contributed by atoms with Crippen LogP contribution in [-0.2, 0) is 17.9 Å². The third-order valence-corrected chi connectivity index (χ3v) is 5.24. The zero-order chi connectivity index (χ0) is 17.4. The van der Waals surface area contributed by atoms with Gasteiger partial charge in [0.05, 0.1) is 0 Å². The van der Waals surface area contributed by atoms with Crippen LogP contribution in [-0.4, -0.2) is 24.9 Å². The highest BCUT2D eigenvalue weighted by molar-refractivity contribution is 5.78. The number of carbonyl (C=O) groups is 1. The van der Waals surface area contributed by atoms with Crippen LogP contribution in [0.25, 0.3) is 0 Å². The molecule has 0 saturated heterocycles. The van der Waals surface area contributed by atoms with Gasteiger partial charge in [-0.1, -0.05) is 50.5 Å². The Labute approximate surface area is 147 Å². The van der Waals surface area contributed by atoms with Crippen LogP contribution in [0.3, 0.4) is 0 Å². The van der Waals surface area contributed by atoms with Gasteiger partial charge in [0.1, 0.15) is 0 Å². The summed E-state index contributed by atoms with van der Waals surface area (Å²) >= 11 is 0. The molecule has 0 radical (unpaired) electrons. The minimum Gasteiger partial charge on any atom is -0.352 e. The lowest BCUT2D eigenvalue weighted by Crippen LogP contribution is -2.33. The van der Waals surface area contributed by atoms with Crippen molar-refractivity contribution in [3.05, 3.63) is 35.4 Å². The SMILES string of the molecule is CCCCC1CCC(C(=O)NCc2ccccc2CN(C)C)CC1. The van der Waals surface area contributed by atoms with E-state index in [9.17, 15) is 4.79 Å². The van der Waals surface area contributed by atoms with Gasteiger partial charge in [0, 0.05) is 19.0 Å². The molecular weight excluding hydrogens is 296 g/mol. The molecule has 1 saturated carbocycles. The van der Waals surface area contributed by atoms with E-state index in [1.807, 2.05) is 0 Å². The fourth-order valence-electron chi connectivity index (χ4n) is 3.76. The average molecular weight is 331 g/mol. The molecule has 134 valence electrons. The van der Waals surface area contributed by atoms with Crippen LogP contribution in [0.4, 0.5) is 0 Å². The molecule has 3 heteroatoms. The van der Waals surface area contributed by atoms with Crippen molar-refractivity contribution in [2.24, 2.45) is 11.8 Å². The van der Waals surface area contributed by atoms with E-state index in [0.717, 1.165) is 25.3 Å². The van der Waals surface area contributed by atoms with Crippen molar-refractivity contribution in [2.45, 2.75) is 65.0 Å². The number of nitrogens with one attached hydrogen (secondary N) is 1. The second-order valence-electron chi connectivity index (χ2n) is 7.58. The minimum absolute atomic E-state index is 0.226. The molecule has 0 atom stereocenters. The Kier molecular flexibility index (Phi) is 7.77. The Balaban J connectivity index is 1.80. The van der Waals surface area contributed by atoms with Crippen LogP contribution >= 0.6 is 0 Å². The first kappa shape index (κ1) is 19.0. The summed E-state index contributed by atoms with van der Waals surface area (Å²) in [5.74, 6) is 1.34. The second kappa shape index (κ2) is 9.83. The lowest BCUT2D eigenvalue weighted by molar-refractivity contribution is -0.126. The van der Waals surface area contributed by atoms with Crippen molar-refractivity contribution < 1.29 is 4.79 Å². The Morgan fingerprint density at radius 3 is 2.42 bits per heavy atom. The molecule has 1 aliphatic rings. The predicted molar refractivity (Wildman–Crippen MR) is 101 cm³/mol. The van der Waals surface area contributed by atoms with Crippen molar-refractivity contribution in [3.8, 4) is 0 Å². The molecule has 2 rings (SSSR count). The van der Waals surface area contributed by atoms with E-state index < -0.39 is 0 Å². The van der Waals surface area contributed by atoms with Crippen LogP contribution < -0.4 is 5.32 Å². The van der Waals surface area contributed by atoms with Crippen LogP contribution in [0.1, 0.15) is 63.0 Å². The third-order valence-electron chi connectivity index (χ3n) is 5.24. The average Bonchev–Trinajstić information content (AvgIpc) is 2.59. The van der Waals surface area contributed by atoms with Gasteiger partial charge >= 0.3 is 0 Å². The molecule has 0 spiro atoms. The summed E-state index contributed by atoms with van der Waals surface area (Å²) in [6, 6.07) is 8.41. The highest BCUT2D eigenvalue weighted by Gasteiger charge is 2.25. The highest BCUT2D eigenvalue weighted by atomic mass is 16.1. The molecule has 1 amide bonds. The van der Waals surface area contributed by atoms with Crippen molar-refractivity contribution in [1.82, 2.24) is 10.2 Å². The molecule has 0 unspecified atom stereocenters. The summed E-state index contributed by atoms with van der Waals surface area (Å²) in [6.07, 6.45) is 8.57. The molecule has 0 heterocycles. The first-order chi connectivity index (χ1) is 11.6. The fraction of sp³-hybridized carbons (Fsp3) is 0.667. The van der Waals surface area contributed by atoms with Gasteiger partial charge in [-0.3, -0.25) is 4.79 Å². The molecule has 0 aromatic heterocycles. The Morgan fingerprint density at radius 2 is 1.79 bits per heavy atom. The van der Waals surface area contributed by atoms with E-state index in [2.05, 4.69) is 55.5 Å². The molecule has 3 nitrogen and oxygen atoms in total. The van der Waals surface area contributed by atoms with Crippen LogP contribution in [0.15, 0.2) is 24.3 Å². The summed E-state index contributed by atoms with van der Waals surface area (Å²) < 4.78 is 0. The molecule has 0 aliphatic heterocycles. The van der Waals surface area contributed by atoms with E-state index in [1.165, 1.54) is 43.2 Å². The number of hydrogen-bond donors (Lipinski definition) is 1. The van der Waals surface area contributed by atoms with Gasteiger partial charge in [-0.2, -0.15) is 0 Å². The zero-order valence-electron chi connectivity index (χ0n) is 15.7. The zero-order valence-corrected chi connectivity index (χ0v) is 15.7. The standard InChI is InChI=1S/C21H34N2O/c1-4-5-8-17-11-13-18(14-12-17)21(24)22-15-19-9-6-7-10-20(19)16-23(2)3/h6-7,9-10,17-18H,4-5,8,11-16H2,1-3H3,(H,22,24). The molecule has 24 heavy (non-hydrogen) atoms. The molecular formula is C21H34N2O. The maximum Gasteiger partial charge on any atom is 0.223 e. The number of benzene rings is 1.